The molecule has 0 aliphatic carbocycles. The number of rotatable bonds is 33. The summed E-state index contributed by atoms with van der Waals surface area (Å²) < 4.78 is 19.2. The van der Waals surface area contributed by atoms with Gasteiger partial charge in [0.2, 0.25) is 0 Å². The van der Waals surface area contributed by atoms with Gasteiger partial charge in [0.1, 0.15) is 18.8 Å². The van der Waals surface area contributed by atoms with Crippen molar-refractivity contribution >= 4 is 6.09 Å². The lowest BCUT2D eigenvalue weighted by Crippen LogP contribution is -2.37. The summed E-state index contributed by atoms with van der Waals surface area (Å²) in [5, 5.41) is 0. The third-order valence-corrected chi connectivity index (χ3v) is 11.2. The standard InChI is InChI=1S/C49H81NO4/c1-3-5-7-9-11-13-15-17-19-21-23-25-27-29-31-36-40-49(41-37-32-30-28-26-24-22-20-18-16-14-12-10-8-6-4-2)53-46-42-50(43-47(46)54-49)48(51)52-44-45-38-34-33-35-39-45/h11,13,17-20,33-35,38-39,46-47H,3-10,12,14-16,21-32,36-37,40-44H2,1-2H3/b13-11-,19-17-,20-18-/t46-,47-/m0/s1. The first-order valence-electron chi connectivity index (χ1n) is 22.9. The molecule has 54 heavy (non-hydrogen) atoms. The highest BCUT2D eigenvalue weighted by Gasteiger charge is 2.51. The Bertz CT molecular complexity index is 1120. The van der Waals surface area contributed by atoms with Crippen LogP contribution in [0.2, 0.25) is 0 Å². The molecular weight excluding hydrogens is 667 g/mol. The zero-order chi connectivity index (χ0) is 38.2. The van der Waals surface area contributed by atoms with Crippen LogP contribution in [0, 0.1) is 0 Å². The normalized spacial score (nSPS) is 18.1. The number of likely N-dealkylation sites (tertiary alicyclic amines) is 1. The molecule has 0 N–H and O–H groups in total. The van der Waals surface area contributed by atoms with Gasteiger partial charge in [0.15, 0.2) is 5.79 Å². The summed E-state index contributed by atoms with van der Waals surface area (Å²) in [5.41, 5.74) is 1.00. The summed E-state index contributed by atoms with van der Waals surface area (Å²) in [7, 11) is 0. The number of nitrogens with zero attached hydrogens (tertiary/aromatic N) is 1. The molecule has 1 aromatic carbocycles. The topological polar surface area (TPSA) is 48.0 Å². The molecule has 2 saturated heterocycles. The second-order valence-corrected chi connectivity index (χ2v) is 16.2. The minimum atomic E-state index is -0.495. The second kappa shape index (κ2) is 30.8. The first-order chi connectivity index (χ1) is 26.7. The van der Waals surface area contributed by atoms with E-state index in [1.807, 2.05) is 30.3 Å². The highest BCUT2D eigenvalue weighted by Crippen LogP contribution is 2.40. The van der Waals surface area contributed by atoms with E-state index >= 15 is 0 Å². The Morgan fingerprint density at radius 2 is 1.00 bits per heavy atom. The fourth-order valence-electron chi connectivity index (χ4n) is 7.89. The molecule has 0 saturated carbocycles. The lowest BCUT2D eigenvalue weighted by atomic mass is 9.98. The van der Waals surface area contributed by atoms with Gasteiger partial charge in [0.25, 0.3) is 0 Å². The largest absolute Gasteiger partial charge is 0.445 e. The highest BCUT2D eigenvalue weighted by atomic mass is 16.8. The van der Waals surface area contributed by atoms with Gasteiger partial charge >= 0.3 is 6.09 Å². The Kier molecular flexibility index (Phi) is 26.2. The Balaban J connectivity index is 1.30. The van der Waals surface area contributed by atoms with Crippen molar-refractivity contribution in [3.63, 3.8) is 0 Å². The van der Waals surface area contributed by atoms with Gasteiger partial charge in [-0.15, -0.1) is 0 Å². The molecule has 2 aliphatic rings. The van der Waals surface area contributed by atoms with E-state index in [9.17, 15) is 4.79 Å². The van der Waals surface area contributed by atoms with Gasteiger partial charge in [0.05, 0.1) is 13.1 Å². The molecule has 2 aliphatic heterocycles. The molecule has 0 unspecified atom stereocenters. The lowest BCUT2D eigenvalue weighted by molar-refractivity contribution is -0.193. The number of hydrogen-bond donors (Lipinski definition) is 0. The number of unbranched alkanes of at least 4 members (excludes halogenated alkanes) is 21. The Labute approximate surface area is 332 Å². The zero-order valence-electron chi connectivity index (χ0n) is 35.0. The maximum Gasteiger partial charge on any atom is 0.410 e. The number of benzene rings is 1. The molecule has 0 spiro atoms. The summed E-state index contributed by atoms with van der Waals surface area (Å²) in [6.45, 7) is 5.94. The van der Waals surface area contributed by atoms with Crippen LogP contribution in [-0.2, 0) is 20.8 Å². The van der Waals surface area contributed by atoms with Crippen molar-refractivity contribution in [1.29, 1.82) is 0 Å². The van der Waals surface area contributed by atoms with Gasteiger partial charge < -0.3 is 19.1 Å². The molecule has 5 nitrogen and oxygen atoms in total. The van der Waals surface area contributed by atoms with E-state index < -0.39 is 5.79 Å². The Morgan fingerprint density at radius 1 is 0.593 bits per heavy atom. The SMILES string of the molecule is CCCCC/C=C\C/C=C\CCCCCCCCC1(CCCCCCCC/C=C\CCCCCCCC)O[C@H]2CN(C(=O)OCc3ccccc3)C[C@@H]2O1. The first kappa shape index (κ1) is 46.0. The maximum absolute atomic E-state index is 12.9. The van der Waals surface area contributed by atoms with Crippen LogP contribution < -0.4 is 0 Å². The Hall–Kier alpha value is -2.37. The quantitative estimate of drug-likeness (QED) is 0.0531. The average Bonchev–Trinajstić information content (AvgIpc) is 3.74. The number of allylic oxidation sites excluding steroid dienone is 6. The second-order valence-electron chi connectivity index (χ2n) is 16.2. The van der Waals surface area contributed by atoms with Crippen LogP contribution in [0.1, 0.15) is 199 Å². The van der Waals surface area contributed by atoms with Crippen molar-refractivity contribution in [2.45, 2.75) is 218 Å². The predicted octanol–water partition coefficient (Wildman–Crippen LogP) is 14.8. The van der Waals surface area contributed by atoms with Gasteiger partial charge in [-0.2, -0.15) is 0 Å². The smallest absolute Gasteiger partial charge is 0.410 e. The van der Waals surface area contributed by atoms with Crippen molar-refractivity contribution in [2.24, 2.45) is 0 Å². The van der Waals surface area contributed by atoms with Crippen molar-refractivity contribution in [1.82, 2.24) is 4.90 Å². The minimum absolute atomic E-state index is 0.0620. The molecule has 306 valence electrons. The van der Waals surface area contributed by atoms with Gasteiger partial charge in [-0.05, 0) is 76.2 Å². The zero-order valence-corrected chi connectivity index (χ0v) is 35.0. The molecule has 0 radical (unpaired) electrons. The molecule has 0 bridgehead atoms. The van der Waals surface area contributed by atoms with E-state index in [0.717, 1.165) is 37.7 Å². The van der Waals surface area contributed by atoms with Crippen LogP contribution in [0.15, 0.2) is 66.8 Å². The monoisotopic (exact) mass is 748 g/mol. The summed E-state index contributed by atoms with van der Waals surface area (Å²) in [5.74, 6) is -0.495. The van der Waals surface area contributed by atoms with E-state index in [0.29, 0.717) is 19.7 Å². The fourth-order valence-corrected chi connectivity index (χ4v) is 7.89. The number of amides is 1. The molecule has 2 heterocycles. The predicted molar refractivity (Wildman–Crippen MR) is 229 cm³/mol. The van der Waals surface area contributed by atoms with E-state index in [1.54, 1.807) is 4.90 Å². The van der Waals surface area contributed by atoms with E-state index in [2.05, 4.69) is 50.3 Å². The maximum atomic E-state index is 12.9. The Morgan fingerprint density at radius 3 is 1.50 bits per heavy atom. The van der Waals surface area contributed by atoms with Crippen LogP contribution in [0.5, 0.6) is 0 Å². The van der Waals surface area contributed by atoms with Crippen molar-refractivity contribution in [3.05, 3.63) is 72.4 Å². The summed E-state index contributed by atoms with van der Waals surface area (Å²) in [6.07, 6.45) is 49.1. The molecule has 2 atom stereocenters. The van der Waals surface area contributed by atoms with Crippen LogP contribution in [0.3, 0.4) is 0 Å². The van der Waals surface area contributed by atoms with E-state index in [1.165, 1.54) is 148 Å². The average molecular weight is 748 g/mol. The molecular formula is C49H81NO4. The molecule has 3 rings (SSSR count). The third kappa shape index (κ3) is 21.1. The van der Waals surface area contributed by atoms with E-state index in [4.69, 9.17) is 14.2 Å². The number of fused-ring (bicyclic) bond motifs is 1. The van der Waals surface area contributed by atoms with Gasteiger partial charge in [-0.1, -0.05) is 177 Å². The van der Waals surface area contributed by atoms with E-state index in [-0.39, 0.29) is 18.3 Å². The molecule has 0 aromatic heterocycles. The van der Waals surface area contributed by atoms with Crippen LogP contribution in [0.4, 0.5) is 4.79 Å². The summed E-state index contributed by atoms with van der Waals surface area (Å²) in [6, 6.07) is 9.88. The fraction of sp³-hybridized carbons (Fsp3) is 0.735. The third-order valence-electron chi connectivity index (χ3n) is 11.2. The molecule has 5 heteroatoms. The van der Waals surface area contributed by atoms with Gasteiger partial charge in [0, 0.05) is 12.8 Å². The number of carbonyl (C=O) groups is 1. The van der Waals surface area contributed by atoms with Crippen LogP contribution in [-0.4, -0.2) is 42.1 Å². The van der Waals surface area contributed by atoms with Crippen molar-refractivity contribution in [2.75, 3.05) is 13.1 Å². The van der Waals surface area contributed by atoms with Crippen LogP contribution >= 0.6 is 0 Å². The van der Waals surface area contributed by atoms with Gasteiger partial charge in [-0.3, -0.25) is 0 Å². The van der Waals surface area contributed by atoms with Crippen LogP contribution in [0.25, 0.3) is 0 Å². The molecule has 2 fully saturated rings. The van der Waals surface area contributed by atoms with Gasteiger partial charge in [-0.25, -0.2) is 4.79 Å². The highest BCUT2D eigenvalue weighted by molar-refractivity contribution is 5.68. The number of carbonyl (C=O) groups excluding carboxylic acids is 1. The van der Waals surface area contributed by atoms with Crippen molar-refractivity contribution in [3.8, 4) is 0 Å². The minimum Gasteiger partial charge on any atom is -0.445 e. The number of ether oxygens (including phenoxy) is 3. The van der Waals surface area contributed by atoms with Crippen molar-refractivity contribution < 1.29 is 19.0 Å². The molecule has 1 amide bonds. The molecule has 1 aromatic rings. The lowest BCUT2D eigenvalue weighted by Gasteiger charge is -2.30. The number of hydrogen-bond acceptors (Lipinski definition) is 4. The summed E-state index contributed by atoms with van der Waals surface area (Å²) in [4.78, 5) is 14.6. The first-order valence-corrected chi connectivity index (χ1v) is 22.9. The summed E-state index contributed by atoms with van der Waals surface area (Å²) >= 11 is 0.